The van der Waals surface area contributed by atoms with Crippen molar-refractivity contribution in [3.8, 4) is 0 Å². The van der Waals surface area contributed by atoms with Crippen molar-refractivity contribution in [2.45, 2.75) is 0 Å². The topological polar surface area (TPSA) is 102 Å². The van der Waals surface area contributed by atoms with Crippen molar-refractivity contribution in [2.24, 2.45) is 40.9 Å². The first-order valence-electron chi connectivity index (χ1n) is 13.1. The van der Waals surface area contributed by atoms with Gasteiger partial charge in [-0.05, 0) is 0 Å². The number of hydrogen-bond acceptors (Lipinski definition) is 7. The minimum absolute atomic E-state index is 0.116. The van der Waals surface area contributed by atoms with Crippen LogP contribution in [0.3, 0.4) is 0 Å². The van der Waals surface area contributed by atoms with Gasteiger partial charge in [-0.25, -0.2) is 34.9 Å². The summed E-state index contributed by atoms with van der Waals surface area (Å²) in [4.78, 5) is 38.2. The lowest BCUT2D eigenvalue weighted by molar-refractivity contribution is 1.05. The van der Waals surface area contributed by atoms with Crippen molar-refractivity contribution < 1.29 is 0 Å². The Hall–Kier alpha value is -5.63. The van der Waals surface area contributed by atoms with Crippen LogP contribution in [0.5, 0.6) is 0 Å². The Labute approximate surface area is 227 Å². The summed E-state index contributed by atoms with van der Waals surface area (Å²) in [6, 6.07) is 24.1. The molecule has 9 rings (SSSR count). The molecule has 0 radical (unpaired) electrons. The summed E-state index contributed by atoms with van der Waals surface area (Å²) in [6.45, 7) is 0. The standard InChI is InChI=1S/C32H18N8/c1-2-10-18-17(9-1)25-33-26(18)38-28-21-13-5-6-14-22(21)30(35-28)40-32-24-16-8-7-15-23(24)31(36-32)39-29-20-12-4-3-11-19(20)27(34-29)37-25/h1-17H,(H,33,34,35,36,37,38,39,40). The zero-order valence-electron chi connectivity index (χ0n) is 20.9. The molecule has 5 heterocycles. The second-order valence-electron chi connectivity index (χ2n) is 9.89. The van der Waals surface area contributed by atoms with Gasteiger partial charge in [0, 0.05) is 38.6 Å². The summed E-state index contributed by atoms with van der Waals surface area (Å²) in [5, 5.41) is 1.91. The fourth-order valence-corrected chi connectivity index (χ4v) is 5.68. The van der Waals surface area contributed by atoms with Crippen LogP contribution in [0.4, 0.5) is 0 Å². The van der Waals surface area contributed by atoms with E-state index in [4.69, 9.17) is 34.9 Å². The molecule has 8 heteroatoms. The quantitative estimate of drug-likeness (QED) is 0.364. The molecule has 4 aliphatic heterocycles. The highest BCUT2D eigenvalue weighted by molar-refractivity contribution is 6.25. The van der Waals surface area contributed by atoms with Crippen molar-refractivity contribution in [3.05, 3.63) is 142 Å². The van der Waals surface area contributed by atoms with E-state index in [2.05, 4.69) is 11.1 Å². The lowest BCUT2D eigenvalue weighted by atomic mass is 9.95. The average molecular weight is 515 g/mol. The summed E-state index contributed by atoms with van der Waals surface area (Å²) in [6.07, 6.45) is 8.15. The molecule has 0 saturated carbocycles. The molecule has 8 bridgehead atoms. The van der Waals surface area contributed by atoms with Gasteiger partial charge in [-0.1, -0.05) is 97.1 Å². The van der Waals surface area contributed by atoms with Crippen LogP contribution in [0.15, 0.2) is 143 Å². The molecule has 1 aliphatic carbocycles. The Morgan fingerprint density at radius 2 is 1.02 bits per heavy atom. The fraction of sp³-hybridized carbons (Fsp3) is 0.0312. The third kappa shape index (κ3) is 3.04. The van der Waals surface area contributed by atoms with Gasteiger partial charge < -0.3 is 4.98 Å². The number of rotatable bonds is 0. The average Bonchev–Trinajstić information content (AvgIpc) is 3.73. The first-order valence-corrected chi connectivity index (χ1v) is 13.1. The molecule has 0 fully saturated rings. The number of benzene rings is 3. The van der Waals surface area contributed by atoms with E-state index >= 15 is 0 Å². The van der Waals surface area contributed by atoms with Crippen molar-refractivity contribution in [3.63, 3.8) is 0 Å². The van der Waals surface area contributed by atoms with Gasteiger partial charge in [-0.2, -0.15) is 0 Å². The fourth-order valence-electron chi connectivity index (χ4n) is 5.68. The third-order valence-electron chi connectivity index (χ3n) is 7.57. The first kappa shape index (κ1) is 21.3. The number of aliphatic imine (C=N–C) groups is 5. The van der Waals surface area contributed by atoms with Gasteiger partial charge in [0.15, 0.2) is 29.2 Å². The van der Waals surface area contributed by atoms with E-state index in [1.54, 1.807) is 0 Å². The molecule has 186 valence electrons. The van der Waals surface area contributed by atoms with Crippen LogP contribution in [0.2, 0.25) is 0 Å². The number of aromatic nitrogens is 1. The predicted molar refractivity (Wildman–Crippen MR) is 156 cm³/mol. The maximum Gasteiger partial charge on any atom is 0.164 e. The van der Waals surface area contributed by atoms with E-state index in [1.807, 2.05) is 91.0 Å². The van der Waals surface area contributed by atoms with Crippen molar-refractivity contribution >= 4 is 40.0 Å². The third-order valence-corrected chi connectivity index (χ3v) is 7.57. The highest BCUT2D eigenvalue weighted by atomic mass is 15.1. The van der Waals surface area contributed by atoms with Gasteiger partial charge >= 0.3 is 0 Å². The molecular weight excluding hydrogens is 496 g/mol. The second kappa shape index (κ2) is 7.94. The molecule has 1 N–H and O–H groups in total. The number of hydrogen-bond donors (Lipinski definition) is 1. The highest BCUT2D eigenvalue weighted by Crippen LogP contribution is 2.34. The molecule has 4 aromatic rings. The first-order chi connectivity index (χ1) is 19.8. The zero-order chi connectivity index (χ0) is 26.2. The molecular formula is C32H18N8. The molecule has 3 aromatic carbocycles. The Bertz CT molecular complexity index is 2220. The van der Waals surface area contributed by atoms with Crippen LogP contribution in [-0.4, -0.2) is 34.2 Å². The number of allylic oxidation sites excluding steroid dienone is 3. The van der Waals surface area contributed by atoms with E-state index in [0.717, 1.165) is 38.6 Å². The predicted octanol–water partition coefficient (Wildman–Crippen LogP) is 4.20. The lowest BCUT2D eigenvalue weighted by Crippen LogP contribution is -2.15. The van der Waals surface area contributed by atoms with Gasteiger partial charge in [0.25, 0.3) is 0 Å². The molecule has 0 spiro atoms. The maximum absolute atomic E-state index is 5.01. The van der Waals surface area contributed by atoms with Crippen LogP contribution >= 0.6 is 0 Å². The number of H-pyrrole nitrogens is 1. The van der Waals surface area contributed by atoms with Gasteiger partial charge in [-0.3, -0.25) is 0 Å². The Morgan fingerprint density at radius 3 is 1.62 bits per heavy atom. The minimum Gasteiger partial charge on any atom is -0.324 e. The summed E-state index contributed by atoms with van der Waals surface area (Å²) in [5.74, 6) is 3.47. The van der Waals surface area contributed by atoms with E-state index in [1.165, 1.54) is 0 Å². The van der Waals surface area contributed by atoms with E-state index in [-0.39, 0.29) is 5.92 Å². The van der Waals surface area contributed by atoms with Crippen LogP contribution in [0, 0.1) is 5.92 Å². The Kier molecular flexibility index (Phi) is 4.23. The second-order valence-corrected chi connectivity index (χ2v) is 9.89. The van der Waals surface area contributed by atoms with Crippen LogP contribution in [0.1, 0.15) is 22.3 Å². The van der Waals surface area contributed by atoms with Gasteiger partial charge in [0.2, 0.25) is 0 Å². The van der Waals surface area contributed by atoms with Gasteiger partial charge in [-0.15, -0.1) is 0 Å². The summed E-state index contributed by atoms with van der Waals surface area (Å²) >= 11 is 0. The smallest absolute Gasteiger partial charge is 0.164 e. The summed E-state index contributed by atoms with van der Waals surface area (Å²) < 4.78 is 0. The number of amidine groups is 5. The van der Waals surface area contributed by atoms with Crippen molar-refractivity contribution in [1.82, 2.24) is 4.98 Å². The molecule has 0 saturated heterocycles. The van der Waals surface area contributed by atoms with Crippen LogP contribution in [-0.2, 0) is 0 Å². The van der Waals surface area contributed by atoms with Gasteiger partial charge in [0.05, 0.1) is 5.92 Å². The monoisotopic (exact) mass is 514 g/mol. The summed E-state index contributed by atoms with van der Waals surface area (Å²) in [5.41, 5.74) is 6.03. The molecule has 1 atom stereocenters. The Morgan fingerprint density at radius 1 is 0.500 bits per heavy atom. The highest BCUT2D eigenvalue weighted by Gasteiger charge is 2.31. The van der Waals surface area contributed by atoms with E-state index in [0.29, 0.717) is 46.0 Å². The molecule has 1 unspecified atom stereocenters. The van der Waals surface area contributed by atoms with Crippen LogP contribution in [0.25, 0.3) is 10.8 Å². The molecule has 40 heavy (non-hydrogen) atoms. The molecule has 1 aromatic heterocycles. The van der Waals surface area contributed by atoms with Crippen LogP contribution < -0.4 is 11.0 Å². The number of nitrogens with one attached hydrogen (secondary N) is 1. The largest absolute Gasteiger partial charge is 0.324 e. The van der Waals surface area contributed by atoms with Gasteiger partial charge in [0.1, 0.15) is 16.8 Å². The summed E-state index contributed by atoms with van der Waals surface area (Å²) in [7, 11) is 0. The number of aromatic amines is 1. The van der Waals surface area contributed by atoms with E-state index in [9.17, 15) is 0 Å². The molecule has 8 nitrogen and oxygen atoms in total. The number of fused-ring (bicyclic) bond motifs is 16. The Balaban J connectivity index is 1.40. The zero-order valence-corrected chi connectivity index (χ0v) is 20.9. The number of nitrogens with zero attached hydrogens (tertiary/aromatic N) is 7. The SMILES string of the molecule is C1=CC2=C3N=C4N=C(N=c5[nH]c(c6ccccc56)=NC5=NC(=NC(=N3)C2C=C1)c1ccccc15)c1ccccc14. The lowest BCUT2D eigenvalue weighted by Gasteiger charge is -2.10. The normalized spacial score (nSPS) is 19.6. The van der Waals surface area contributed by atoms with Crippen molar-refractivity contribution in [2.75, 3.05) is 0 Å². The molecule has 0 amide bonds. The minimum atomic E-state index is -0.116. The van der Waals surface area contributed by atoms with Crippen molar-refractivity contribution in [1.29, 1.82) is 0 Å². The van der Waals surface area contributed by atoms with E-state index < -0.39 is 0 Å². The maximum atomic E-state index is 5.01. The molecule has 5 aliphatic rings.